The van der Waals surface area contributed by atoms with Gasteiger partial charge in [-0.15, -0.1) is 0 Å². The van der Waals surface area contributed by atoms with E-state index in [0.717, 1.165) is 5.56 Å². The van der Waals surface area contributed by atoms with Gasteiger partial charge in [0.25, 0.3) is 5.91 Å². The average molecular weight is 262 g/mol. The maximum absolute atomic E-state index is 12.0. The fourth-order valence-corrected chi connectivity index (χ4v) is 1.27. The molecule has 0 bridgehead atoms. The first-order valence-corrected chi connectivity index (χ1v) is 5.11. The second-order valence-electron chi connectivity index (χ2n) is 3.86. The molecule has 0 aliphatic carbocycles. The molecule has 0 radical (unpaired) electrons. The van der Waals surface area contributed by atoms with E-state index in [9.17, 15) is 18.0 Å². The molecule has 0 aromatic heterocycles. The lowest BCUT2D eigenvalue weighted by molar-refractivity contribution is -0.201. The van der Waals surface area contributed by atoms with Crippen molar-refractivity contribution in [1.82, 2.24) is 5.32 Å². The molecule has 1 amide bonds. The maximum Gasteiger partial charge on any atom is 0.416 e. The van der Waals surface area contributed by atoms with E-state index < -0.39 is 24.7 Å². The first kappa shape index (κ1) is 14.3. The second kappa shape index (κ2) is 5.26. The van der Waals surface area contributed by atoms with Crippen molar-refractivity contribution < 1.29 is 23.1 Å². The van der Waals surface area contributed by atoms with Crippen LogP contribution >= 0.6 is 0 Å². The number of aliphatic hydroxyl groups excluding tert-OH is 1. The number of hydrogen-bond donors (Lipinski definition) is 3. The molecule has 4 N–H and O–H groups in total. The van der Waals surface area contributed by atoms with Crippen LogP contribution in [0.15, 0.2) is 18.2 Å². The Kier molecular flexibility index (Phi) is 4.18. The predicted molar refractivity (Wildman–Crippen MR) is 60.0 cm³/mol. The Morgan fingerprint density at radius 3 is 2.67 bits per heavy atom. The van der Waals surface area contributed by atoms with Crippen LogP contribution in [0, 0.1) is 6.92 Å². The summed E-state index contributed by atoms with van der Waals surface area (Å²) in [7, 11) is 0. The van der Waals surface area contributed by atoms with Crippen LogP contribution in [0.25, 0.3) is 0 Å². The maximum atomic E-state index is 12.0. The zero-order valence-corrected chi connectivity index (χ0v) is 9.58. The summed E-state index contributed by atoms with van der Waals surface area (Å²) >= 11 is 0. The summed E-state index contributed by atoms with van der Waals surface area (Å²) < 4.78 is 36.1. The number of carbonyl (C=O) groups excluding carboxylic acids is 1. The molecule has 0 aliphatic rings. The molecule has 18 heavy (non-hydrogen) atoms. The van der Waals surface area contributed by atoms with E-state index in [0.29, 0.717) is 0 Å². The number of hydrogen-bond acceptors (Lipinski definition) is 3. The number of nitrogens with one attached hydrogen (secondary N) is 1. The van der Waals surface area contributed by atoms with Crippen LogP contribution in [0.1, 0.15) is 15.9 Å². The predicted octanol–water partition coefficient (Wildman–Crippen LogP) is 1.23. The highest BCUT2D eigenvalue weighted by atomic mass is 19.4. The lowest BCUT2D eigenvalue weighted by atomic mass is 10.1. The number of alkyl halides is 3. The van der Waals surface area contributed by atoms with E-state index >= 15 is 0 Å². The van der Waals surface area contributed by atoms with Crippen molar-refractivity contribution in [2.45, 2.75) is 19.2 Å². The van der Waals surface area contributed by atoms with Crippen molar-refractivity contribution in [1.29, 1.82) is 0 Å². The molecule has 4 nitrogen and oxygen atoms in total. The zero-order chi connectivity index (χ0) is 13.9. The van der Waals surface area contributed by atoms with Crippen LogP contribution in [0.5, 0.6) is 0 Å². The van der Waals surface area contributed by atoms with Gasteiger partial charge in [0.05, 0.1) is 12.1 Å². The van der Waals surface area contributed by atoms with Gasteiger partial charge in [-0.2, -0.15) is 13.2 Å². The van der Waals surface area contributed by atoms with Crippen LogP contribution in [-0.4, -0.2) is 29.8 Å². The summed E-state index contributed by atoms with van der Waals surface area (Å²) in [4.78, 5) is 11.6. The van der Waals surface area contributed by atoms with E-state index in [-0.39, 0.29) is 11.3 Å². The van der Waals surface area contributed by atoms with Gasteiger partial charge in [-0.25, -0.2) is 0 Å². The lowest BCUT2D eigenvalue weighted by Crippen LogP contribution is -2.40. The molecule has 1 unspecified atom stereocenters. The molecule has 7 heteroatoms. The third-order valence-corrected chi connectivity index (χ3v) is 2.29. The third kappa shape index (κ3) is 3.63. The molecule has 1 aromatic rings. The monoisotopic (exact) mass is 262 g/mol. The quantitative estimate of drug-likeness (QED) is 0.717. The van der Waals surface area contributed by atoms with Crippen molar-refractivity contribution >= 4 is 11.6 Å². The van der Waals surface area contributed by atoms with Crippen molar-refractivity contribution in [3.05, 3.63) is 29.3 Å². The standard InChI is InChI=1S/C11H13F3N2O2/c1-6-2-3-8(15)7(4-6)10(18)16-5-9(17)11(12,13)14/h2-4,9,17H,5,15H2,1H3,(H,16,18). The van der Waals surface area contributed by atoms with Gasteiger partial charge in [0.15, 0.2) is 6.10 Å². The molecule has 0 fully saturated rings. The highest BCUT2D eigenvalue weighted by Gasteiger charge is 2.38. The van der Waals surface area contributed by atoms with E-state index in [1.54, 1.807) is 13.0 Å². The largest absolute Gasteiger partial charge is 0.416 e. The number of halogens is 3. The molecule has 100 valence electrons. The van der Waals surface area contributed by atoms with Gasteiger partial charge in [0, 0.05) is 5.69 Å². The number of benzene rings is 1. The van der Waals surface area contributed by atoms with Crippen molar-refractivity contribution in [3.8, 4) is 0 Å². The highest BCUT2D eigenvalue weighted by molar-refractivity contribution is 5.99. The zero-order valence-electron chi connectivity index (χ0n) is 9.58. The number of amides is 1. The fraction of sp³-hybridized carbons (Fsp3) is 0.364. The number of anilines is 1. The Bertz CT molecular complexity index is 446. The molecule has 1 aromatic carbocycles. The minimum atomic E-state index is -4.76. The van der Waals surface area contributed by atoms with Crippen molar-refractivity contribution in [2.75, 3.05) is 12.3 Å². The first-order valence-electron chi connectivity index (χ1n) is 5.11. The molecule has 0 saturated carbocycles. The summed E-state index contributed by atoms with van der Waals surface area (Å²) in [5, 5.41) is 10.7. The van der Waals surface area contributed by atoms with E-state index in [1.165, 1.54) is 12.1 Å². The summed E-state index contributed by atoms with van der Waals surface area (Å²) in [6.07, 6.45) is -7.35. The summed E-state index contributed by atoms with van der Waals surface area (Å²) in [6, 6.07) is 4.63. The van der Waals surface area contributed by atoms with Gasteiger partial charge in [-0.05, 0) is 19.1 Å². The van der Waals surface area contributed by atoms with Gasteiger partial charge in [-0.1, -0.05) is 11.6 Å². The Labute approximate surface area is 102 Å². The normalized spacial score (nSPS) is 13.2. The Morgan fingerprint density at radius 2 is 2.11 bits per heavy atom. The summed E-state index contributed by atoms with van der Waals surface area (Å²) in [5.74, 6) is -0.750. The van der Waals surface area contributed by atoms with Crippen LogP contribution in [0.2, 0.25) is 0 Å². The third-order valence-electron chi connectivity index (χ3n) is 2.29. The van der Waals surface area contributed by atoms with Gasteiger partial charge in [0.1, 0.15) is 0 Å². The molecule has 0 aliphatic heterocycles. The Balaban J connectivity index is 2.69. The number of aliphatic hydroxyl groups is 1. The average Bonchev–Trinajstić information content (AvgIpc) is 2.27. The molecule has 0 spiro atoms. The SMILES string of the molecule is Cc1ccc(N)c(C(=O)NCC(O)C(F)(F)F)c1. The molecule has 1 rings (SSSR count). The number of rotatable bonds is 3. The lowest BCUT2D eigenvalue weighted by Gasteiger charge is -2.15. The van der Waals surface area contributed by atoms with E-state index in [4.69, 9.17) is 10.8 Å². The molecule has 1 atom stereocenters. The van der Waals surface area contributed by atoms with Crippen molar-refractivity contribution in [2.24, 2.45) is 0 Å². The van der Waals surface area contributed by atoms with Crippen LogP contribution in [0.4, 0.5) is 18.9 Å². The highest BCUT2D eigenvalue weighted by Crippen LogP contribution is 2.19. The van der Waals surface area contributed by atoms with Gasteiger partial charge < -0.3 is 16.2 Å². The van der Waals surface area contributed by atoms with Crippen molar-refractivity contribution in [3.63, 3.8) is 0 Å². The molecular formula is C11H13F3N2O2. The topological polar surface area (TPSA) is 75.4 Å². The number of aryl methyl sites for hydroxylation is 1. The Hall–Kier alpha value is -1.76. The molecular weight excluding hydrogens is 249 g/mol. The Morgan fingerprint density at radius 1 is 1.50 bits per heavy atom. The second-order valence-corrected chi connectivity index (χ2v) is 3.86. The van der Waals surface area contributed by atoms with Crippen LogP contribution in [0.3, 0.4) is 0 Å². The van der Waals surface area contributed by atoms with Gasteiger partial charge in [0.2, 0.25) is 0 Å². The summed E-state index contributed by atoms with van der Waals surface area (Å²) in [5.41, 5.74) is 6.55. The van der Waals surface area contributed by atoms with Crippen LogP contribution in [-0.2, 0) is 0 Å². The minimum absolute atomic E-state index is 0.0874. The molecule has 0 heterocycles. The number of nitrogens with two attached hydrogens (primary N) is 1. The first-order chi connectivity index (χ1) is 8.21. The van der Waals surface area contributed by atoms with Crippen LogP contribution < -0.4 is 11.1 Å². The number of carbonyl (C=O) groups is 1. The minimum Gasteiger partial charge on any atom is -0.398 e. The fourth-order valence-electron chi connectivity index (χ4n) is 1.27. The van der Waals surface area contributed by atoms with Gasteiger partial charge >= 0.3 is 6.18 Å². The number of nitrogen functional groups attached to an aromatic ring is 1. The van der Waals surface area contributed by atoms with E-state index in [2.05, 4.69) is 0 Å². The van der Waals surface area contributed by atoms with Gasteiger partial charge in [-0.3, -0.25) is 4.79 Å². The smallest absolute Gasteiger partial charge is 0.398 e. The molecule has 0 saturated heterocycles. The summed E-state index contributed by atoms with van der Waals surface area (Å²) in [6.45, 7) is 0.816. The van der Waals surface area contributed by atoms with E-state index in [1.807, 2.05) is 5.32 Å².